The zero-order valence-electron chi connectivity index (χ0n) is 10.2. The summed E-state index contributed by atoms with van der Waals surface area (Å²) in [7, 11) is 0. The van der Waals surface area contributed by atoms with Crippen LogP contribution in [0.25, 0.3) is 5.69 Å². The van der Waals surface area contributed by atoms with Gasteiger partial charge in [0.15, 0.2) is 5.69 Å². The lowest BCUT2D eigenvalue weighted by Gasteiger charge is -2.05. The van der Waals surface area contributed by atoms with Gasteiger partial charge in [-0.05, 0) is 25.5 Å². The summed E-state index contributed by atoms with van der Waals surface area (Å²) in [4.78, 5) is 21.4. The third kappa shape index (κ3) is 2.15. The number of benzene rings is 1. The van der Waals surface area contributed by atoms with Gasteiger partial charge in [-0.15, -0.1) is 5.10 Å². The van der Waals surface area contributed by atoms with E-state index >= 15 is 0 Å². The van der Waals surface area contributed by atoms with Crippen LogP contribution in [0.1, 0.15) is 21.7 Å². The third-order valence-corrected chi connectivity index (χ3v) is 2.65. The van der Waals surface area contributed by atoms with E-state index in [0.29, 0.717) is 0 Å². The van der Waals surface area contributed by atoms with Gasteiger partial charge in [-0.3, -0.25) is 10.1 Å². The highest BCUT2D eigenvalue weighted by Gasteiger charge is 2.22. The maximum Gasteiger partial charge on any atom is 0.358 e. The van der Waals surface area contributed by atoms with Crippen LogP contribution in [-0.2, 0) is 0 Å². The Morgan fingerprint density at radius 1 is 1.42 bits per heavy atom. The van der Waals surface area contributed by atoms with Crippen LogP contribution in [0.3, 0.4) is 0 Å². The highest BCUT2D eigenvalue weighted by Crippen LogP contribution is 2.25. The number of aromatic nitrogens is 3. The molecular formula is C11H10N4O4. The molecule has 19 heavy (non-hydrogen) atoms. The van der Waals surface area contributed by atoms with Crippen LogP contribution in [0.5, 0.6) is 0 Å². The summed E-state index contributed by atoms with van der Waals surface area (Å²) in [6.07, 6.45) is 0. The van der Waals surface area contributed by atoms with Crippen molar-refractivity contribution in [2.45, 2.75) is 13.8 Å². The molecule has 1 heterocycles. The number of hydrogen-bond donors (Lipinski definition) is 1. The van der Waals surface area contributed by atoms with Crippen molar-refractivity contribution in [3.05, 3.63) is 45.3 Å². The van der Waals surface area contributed by atoms with Crippen LogP contribution in [0.4, 0.5) is 5.69 Å². The number of carboxylic acid groups (broad SMARTS) is 1. The van der Waals surface area contributed by atoms with Crippen molar-refractivity contribution in [3.63, 3.8) is 0 Å². The molecule has 0 aliphatic heterocycles. The van der Waals surface area contributed by atoms with Crippen molar-refractivity contribution in [3.8, 4) is 5.69 Å². The number of carbonyl (C=O) groups is 1. The minimum absolute atomic E-state index is 0.148. The smallest absolute Gasteiger partial charge is 0.358 e. The fourth-order valence-electron chi connectivity index (χ4n) is 1.71. The van der Waals surface area contributed by atoms with Crippen molar-refractivity contribution in [1.82, 2.24) is 15.0 Å². The molecule has 1 N–H and O–H groups in total. The van der Waals surface area contributed by atoms with Crippen LogP contribution >= 0.6 is 0 Å². The van der Waals surface area contributed by atoms with Crippen molar-refractivity contribution < 1.29 is 14.8 Å². The Morgan fingerprint density at radius 2 is 2.11 bits per heavy atom. The van der Waals surface area contributed by atoms with E-state index in [1.165, 1.54) is 19.1 Å². The van der Waals surface area contributed by atoms with Gasteiger partial charge in [0.2, 0.25) is 0 Å². The highest BCUT2D eigenvalue weighted by atomic mass is 16.6. The second kappa shape index (κ2) is 4.48. The van der Waals surface area contributed by atoms with Crippen LogP contribution in [-0.4, -0.2) is 31.0 Å². The van der Waals surface area contributed by atoms with Gasteiger partial charge >= 0.3 is 5.97 Å². The molecule has 0 saturated carbocycles. The van der Waals surface area contributed by atoms with E-state index in [2.05, 4.69) is 10.3 Å². The zero-order valence-corrected chi connectivity index (χ0v) is 10.2. The SMILES string of the molecule is Cc1ccc(-n2nnc(C(=O)O)c2C)c([N+](=O)[O-])c1. The Kier molecular flexibility index (Phi) is 2.99. The topological polar surface area (TPSA) is 111 Å². The van der Waals surface area contributed by atoms with Gasteiger partial charge in [0.1, 0.15) is 5.69 Å². The molecule has 0 aliphatic rings. The van der Waals surface area contributed by atoms with E-state index in [1.54, 1.807) is 13.0 Å². The summed E-state index contributed by atoms with van der Waals surface area (Å²) in [5.74, 6) is -1.22. The molecule has 8 nitrogen and oxygen atoms in total. The maximum atomic E-state index is 11.0. The van der Waals surface area contributed by atoms with Gasteiger partial charge < -0.3 is 5.11 Å². The Morgan fingerprint density at radius 3 is 2.63 bits per heavy atom. The molecule has 0 bridgehead atoms. The molecular weight excluding hydrogens is 252 g/mol. The van der Waals surface area contributed by atoms with E-state index in [1.807, 2.05) is 0 Å². The standard InChI is InChI=1S/C11H10N4O4/c1-6-3-4-8(9(5-6)15(18)19)14-7(2)10(11(16)17)12-13-14/h3-5H,1-2H3,(H,16,17). The zero-order chi connectivity index (χ0) is 14.2. The normalized spacial score (nSPS) is 10.4. The third-order valence-electron chi connectivity index (χ3n) is 2.65. The first-order valence-electron chi connectivity index (χ1n) is 5.33. The number of nitrogens with zero attached hydrogens (tertiary/aromatic N) is 4. The van der Waals surface area contributed by atoms with Crippen LogP contribution < -0.4 is 0 Å². The van der Waals surface area contributed by atoms with Gasteiger partial charge in [0.05, 0.1) is 10.6 Å². The fraction of sp³-hybridized carbons (Fsp3) is 0.182. The summed E-state index contributed by atoms with van der Waals surface area (Å²) in [5.41, 5.74) is 0.777. The molecule has 1 aromatic carbocycles. The van der Waals surface area contributed by atoms with Crippen molar-refractivity contribution in [2.24, 2.45) is 0 Å². The molecule has 2 rings (SSSR count). The molecule has 0 fully saturated rings. The van der Waals surface area contributed by atoms with Gasteiger partial charge in [-0.1, -0.05) is 11.3 Å². The number of rotatable bonds is 3. The minimum Gasteiger partial charge on any atom is -0.476 e. The predicted octanol–water partition coefficient (Wildman–Crippen LogP) is 1.49. The van der Waals surface area contributed by atoms with Crippen LogP contribution in [0, 0.1) is 24.0 Å². The molecule has 0 unspecified atom stereocenters. The summed E-state index contributed by atoms with van der Waals surface area (Å²) in [6.45, 7) is 3.22. The van der Waals surface area contributed by atoms with Gasteiger partial charge in [-0.25, -0.2) is 9.48 Å². The van der Waals surface area contributed by atoms with E-state index < -0.39 is 10.9 Å². The summed E-state index contributed by atoms with van der Waals surface area (Å²) >= 11 is 0. The number of nitro groups is 1. The molecule has 98 valence electrons. The van der Waals surface area contributed by atoms with E-state index in [9.17, 15) is 14.9 Å². The first-order valence-corrected chi connectivity index (χ1v) is 5.33. The molecule has 0 atom stereocenters. The summed E-state index contributed by atoms with van der Waals surface area (Å²) in [5, 5.41) is 27.1. The first-order chi connectivity index (χ1) is 8.91. The Labute approximate surface area is 107 Å². The summed E-state index contributed by atoms with van der Waals surface area (Å²) in [6, 6.07) is 4.60. The molecule has 0 spiro atoms. The van der Waals surface area contributed by atoms with E-state index in [4.69, 9.17) is 5.11 Å². The fourth-order valence-corrected chi connectivity index (χ4v) is 1.71. The van der Waals surface area contributed by atoms with Gasteiger partial charge in [0.25, 0.3) is 5.69 Å². The average molecular weight is 262 g/mol. The second-order valence-electron chi connectivity index (χ2n) is 3.99. The maximum absolute atomic E-state index is 11.0. The Bertz CT molecular complexity index is 677. The summed E-state index contributed by atoms with van der Waals surface area (Å²) < 4.78 is 1.15. The second-order valence-corrected chi connectivity index (χ2v) is 3.99. The van der Waals surface area contributed by atoms with Crippen molar-refractivity contribution >= 4 is 11.7 Å². The molecule has 0 radical (unpaired) electrons. The van der Waals surface area contributed by atoms with Gasteiger partial charge in [0, 0.05) is 6.07 Å². The Balaban J connectivity index is 2.66. The molecule has 0 aliphatic carbocycles. The number of hydrogen-bond acceptors (Lipinski definition) is 5. The van der Waals surface area contributed by atoms with Crippen molar-refractivity contribution in [1.29, 1.82) is 0 Å². The largest absolute Gasteiger partial charge is 0.476 e. The number of aromatic carboxylic acids is 1. The molecule has 0 amide bonds. The number of carboxylic acids is 1. The predicted molar refractivity (Wildman–Crippen MR) is 64.4 cm³/mol. The Hall–Kier alpha value is -2.77. The molecule has 2 aromatic rings. The lowest BCUT2D eigenvalue weighted by molar-refractivity contribution is -0.384. The van der Waals surface area contributed by atoms with Crippen LogP contribution in [0.2, 0.25) is 0 Å². The number of nitro benzene ring substituents is 1. The quantitative estimate of drug-likeness (QED) is 0.662. The van der Waals surface area contributed by atoms with E-state index in [-0.39, 0.29) is 22.8 Å². The lowest BCUT2D eigenvalue weighted by Crippen LogP contribution is -2.05. The van der Waals surface area contributed by atoms with Gasteiger partial charge in [-0.2, -0.15) is 0 Å². The molecule has 8 heteroatoms. The number of aryl methyl sites for hydroxylation is 1. The van der Waals surface area contributed by atoms with Crippen molar-refractivity contribution in [2.75, 3.05) is 0 Å². The average Bonchev–Trinajstić information content (AvgIpc) is 2.71. The first kappa shape index (κ1) is 12.7. The molecule has 1 aromatic heterocycles. The van der Waals surface area contributed by atoms with Crippen LogP contribution in [0.15, 0.2) is 18.2 Å². The monoisotopic (exact) mass is 262 g/mol. The molecule has 0 saturated heterocycles. The minimum atomic E-state index is -1.22. The lowest BCUT2D eigenvalue weighted by atomic mass is 10.2. The highest BCUT2D eigenvalue weighted by molar-refractivity contribution is 5.86. The van der Waals surface area contributed by atoms with E-state index in [0.717, 1.165) is 10.2 Å².